The number of nitrogens with one attached hydrogen (secondary N) is 2. The first-order chi connectivity index (χ1) is 14.9. The van der Waals surface area contributed by atoms with Crippen LogP contribution in [-0.4, -0.2) is 47.4 Å². The molecule has 1 aromatic carbocycles. The van der Waals surface area contributed by atoms with Gasteiger partial charge < -0.3 is 24.7 Å². The lowest BCUT2D eigenvalue weighted by atomic mass is 9.87. The van der Waals surface area contributed by atoms with E-state index in [1.165, 1.54) is 5.56 Å². The van der Waals surface area contributed by atoms with Crippen LogP contribution in [-0.2, 0) is 10.2 Å². The van der Waals surface area contributed by atoms with Crippen molar-refractivity contribution >= 4 is 29.1 Å². The molecule has 9 heteroatoms. The molecule has 1 saturated heterocycles. The van der Waals surface area contributed by atoms with E-state index in [1.54, 1.807) is 12.3 Å². The van der Waals surface area contributed by atoms with Gasteiger partial charge in [0.1, 0.15) is 5.82 Å². The molecule has 0 unspecified atom stereocenters. The number of carbonyl (C=O) groups is 1. The number of morpholine rings is 1. The Morgan fingerprint density at radius 3 is 2.35 bits per heavy atom. The van der Waals surface area contributed by atoms with Gasteiger partial charge in [0.25, 0.3) is 0 Å². The third kappa shape index (κ3) is 5.18. The van der Waals surface area contributed by atoms with Gasteiger partial charge in [-0.3, -0.25) is 4.79 Å². The van der Waals surface area contributed by atoms with Crippen LogP contribution >= 0.6 is 0 Å². The van der Waals surface area contributed by atoms with Crippen molar-refractivity contribution in [1.82, 2.24) is 15.2 Å². The number of benzene rings is 1. The smallest absolute Gasteiger partial charge is 0.320 e. The van der Waals surface area contributed by atoms with Crippen molar-refractivity contribution in [2.75, 3.05) is 41.8 Å². The number of ether oxygens (including phenoxy) is 1. The fraction of sp³-hybridized carbons (Fsp3) is 0.364. The largest absolute Gasteiger partial charge is 0.399 e. The highest BCUT2D eigenvalue weighted by molar-refractivity contribution is 6.00. The lowest BCUT2D eigenvalue weighted by molar-refractivity contribution is 0.0991. The van der Waals surface area contributed by atoms with E-state index in [9.17, 15) is 4.79 Å². The van der Waals surface area contributed by atoms with Crippen LogP contribution in [0.2, 0.25) is 0 Å². The highest BCUT2D eigenvalue weighted by atomic mass is 16.5. The summed E-state index contributed by atoms with van der Waals surface area (Å²) in [7, 11) is 0. The average molecular weight is 422 g/mol. The third-order valence-corrected chi connectivity index (χ3v) is 4.96. The Morgan fingerprint density at radius 1 is 1.00 bits per heavy atom. The zero-order valence-electron chi connectivity index (χ0n) is 17.9. The zero-order valence-corrected chi connectivity index (χ0v) is 17.9. The first-order valence-electron chi connectivity index (χ1n) is 10.2. The van der Waals surface area contributed by atoms with E-state index in [-0.39, 0.29) is 17.3 Å². The summed E-state index contributed by atoms with van der Waals surface area (Å²) in [5.41, 5.74) is 2.64. The molecule has 31 heavy (non-hydrogen) atoms. The Hall–Kier alpha value is -3.46. The number of pyridine rings is 1. The molecule has 3 aromatic rings. The molecule has 1 aliphatic heterocycles. The van der Waals surface area contributed by atoms with Crippen LogP contribution < -0.4 is 15.5 Å². The summed E-state index contributed by atoms with van der Waals surface area (Å²) in [5.74, 6) is 0.221. The first-order valence-corrected chi connectivity index (χ1v) is 10.2. The van der Waals surface area contributed by atoms with Crippen molar-refractivity contribution in [3.05, 3.63) is 54.0 Å². The molecule has 9 nitrogen and oxygen atoms in total. The van der Waals surface area contributed by atoms with Crippen molar-refractivity contribution in [2.24, 2.45) is 0 Å². The number of amides is 1. The average Bonchev–Trinajstić information content (AvgIpc) is 3.23. The standard InChI is InChI=1S/C22H26N6O3/c1-22(2,3)15-4-6-16(7-5-15)25-21-27-26-20(31-21)19(29)24-17-8-9-18(23-14-17)28-10-12-30-13-11-28/h4-9,14H,10-13H2,1-3H3,(H,24,29)(H,25,27). The van der Waals surface area contributed by atoms with Gasteiger partial charge >= 0.3 is 17.8 Å². The predicted octanol–water partition coefficient (Wildman–Crippen LogP) is 3.59. The van der Waals surface area contributed by atoms with Gasteiger partial charge in [-0.2, -0.15) is 0 Å². The molecular weight excluding hydrogens is 396 g/mol. The lowest BCUT2D eigenvalue weighted by Gasteiger charge is -2.27. The maximum atomic E-state index is 12.4. The summed E-state index contributed by atoms with van der Waals surface area (Å²) in [4.78, 5) is 19.0. The van der Waals surface area contributed by atoms with E-state index >= 15 is 0 Å². The maximum Gasteiger partial charge on any atom is 0.320 e. The summed E-state index contributed by atoms with van der Waals surface area (Å²) in [6.45, 7) is 9.45. The Balaban J connectivity index is 1.35. The molecule has 4 rings (SSSR count). The second kappa shape index (κ2) is 8.73. The minimum absolute atomic E-state index is 0.0729. The fourth-order valence-electron chi connectivity index (χ4n) is 3.17. The van der Waals surface area contributed by atoms with E-state index in [1.807, 2.05) is 30.3 Å². The molecule has 2 aromatic heterocycles. The Kier molecular flexibility index (Phi) is 5.85. The van der Waals surface area contributed by atoms with E-state index in [4.69, 9.17) is 9.15 Å². The number of anilines is 4. The van der Waals surface area contributed by atoms with Gasteiger partial charge in [0.05, 0.1) is 25.1 Å². The monoisotopic (exact) mass is 422 g/mol. The molecule has 0 spiro atoms. The molecular formula is C22H26N6O3. The first kappa shape index (κ1) is 20.8. The fourth-order valence-corrected chi connectivity index (χ4v) is 3.17. The van der Waals surface area contributed by atoms with Crippen LogP contribution in [0.15, 0.2) is 47.0 Å². The Bertz CT molecular complexity index is 1020. The molecule has 1 aliphatic rings. The Morgan fingerprint density at radius 2 is 1.71 bits per heavy atom. The third-order valence-electron chi connectivity index (χ3n) is 4.96. The quantitative estimate of drug-likeness (QED) is 0.643. The van der Waals surface area contributed by atoms with E-state index in [2.05, 4.69) is 51.5 Å². The molecule has 0 atom stereocenters. The summed E-state index contributed by atoms with van der Waals surface area (Å²) >= 11 is 0. The van der Waals surface area contributed by atoms with Crippen LogP contribution in [0.3, 0.4) is 0 Å². The van der Waals surface area contributed by atoms with Gasteiger partial charge in [0, 0.05) is 18.8 Å². The number of rotatable bonds is 5. The Labute approximate surface area is 180 Å². The van der Waals surface area contributed by atoms with Crippen molar-refractivity contribution in [2.45, 2.75) is 26.2 Å². The maximum absolute atomic E-state index is 12.4. The van der Waals surface area contributed by atoms with Crippen LogP contribution in [0.5, 0.6) is 0 Å². The topological polar surface area (TPSA) is 105 Å². The molecule has 0 radical (unpaired) electrons. The van der Waals surface area contributed by atoms with Crippen molar-refractivity contribution < 1.29 is 13.9 Å². The number of hydrogen-bond donors (Lipinski definition) is 2. The molecule has 1 amide bonds. The molecule has 162 valence electrons. The van der Waals surface area contributed by atoms with Gasteiger partial charge in [-0.1, -0.05) is 38.0 Å². The minimum Gasteiger partial charge on any atom is -0.399 e. The molecule has 3 heterocycles. The minimum atomic E-state index is -0.496. The number of carbonyl (C=O) groups excluding carboxylic acids is 1. The SMILES string of the molecule is CC(C)(C)c1ccc(Nc2nnc(C(=O)Nc3ccc(N4CCOCC4)nc3)o2)cc1. The van der Waals surface area contributed by atoms with E-state index in [0.717, 1.165) is 24.6 Å². The number of hydrogen-bond acceptors (Lipinski definition) is 8. The lowest BCUT2D eigenvalue weighted by Crippen LogP contribution is -2.36. The van der Waals surface area contributed by atoms with Crippen LogP contribution in [0.1, 0.15) is 37.0 Å². The van der Waals surface area contributed by atoms with Crippen molar-refractivity contribution in [1.29, 1.82) is 0 Å². The molecule has 0 aliphatic carbocycles. The molecule has 2 N–H and O–H groups in total. The van der Waals surface area contributed by atoms with E-state index in [0.29, 0.717) is 18.9 Å². The zero-order chi connectivity index (χ0) is 21.8. The van der Waals surface area contributed by atoms with Gasteiger partial charge in [-0.05, 0) is 35.2 Å². The van der Waals surface area contributed by atoms with Crippen molar-refractivity contribution in [3.8, 4) is 0 Å². The van der Waals surface area contributed by atoms with Gasteiger partial charge in [0.2, 0.25) is 0 Å². The highest BCUT2D eigenvalue weighted by Crippen LogP contribution is 2.24. The van der Waals surface area contributed by atoms with Crippen LogP contribution in [0.4, 0.5) is 23.2 Å². The van der Waals surface area contributed by atoms with Gasteiger partial charge in [-0.15, -0.1) is 5.10 Å². The van der Waals surface area contributed by atoms with Crippen LogP contribution in [0, 0.1) is 0 Å². The van der Waals surface area contributed by atoms with E-state index < -0.39 is 5.91 Å². The second-order valence-corrected chi connectivity index (χ2v) is 8.32. The number of nitrogens with zero attached hydrogens (tertiary/aromatic N) is 4. The van der Waals surface area contributed by atoms with Gasteiger partial charge in [-0.25, -0.2) is 4.98 Å². The van der Waals surface area contributed by atoms with Crippen molar-refractivity contribution in [3.63, 3.8) is 0 Å². The highest BCUT2D eigenvalue weighted by Gasteiger charge is 2.17. The summed E-state index contributed by atoms with van der Waals surface area (Å²) in [6.07, 6.45) is 1.61. The van der Waals surface area contributed by atoms with Crippen LogP contribution in [0.25, 0.3) is 0 Å². The molecule has 0 bridgehead atoms. The molecule has 1 fully saturated rings. The second-order valence-electron chi connectivity index (χ2n) is 8.32. The van der Waals surface area contributed by atoms with Gasteiger partial charge in [0.15, 0.2) is 0 Å². The predicted molar refractivity (Wildman–Crippen MR) is 118 cm³/mol. The summed E-state index contributed by atoms with van der Waals surface area (Å²) in [6, 6.07) is 11.8. The number of aromatic nitrogens is 3. The normalized spacial score (nSPS) is 14.4. The summed E-state index contributed by atoms with van der Waals surface area (Å²) < 4.78 is 10.8. The molecule has 0 saturated carbocycles. The summed E-state index contributed by atoms with van der Waals surface area (Å²) in [5, 5.41) is 13.5.